The van der Waals surface area contributed by atoms with Crippen LogP contribution in [0.4, 0.5) is 13.2 Å². The number of benzene rings is 2. The van der Waals surface area contributed by atoms with E-state index in [2.05, 4.69) is 11.8 Å². The summed E-state index contributed by atoms with van der Waals surface area (Å²) in [5.74, 6) is -0.930. The molecule has 1 aliphatic heterocycles. The summed E-state index contributed by atoms with van der Waals surface area (Å²) in [7, 11) is -4.94. The number of rotatable bonds is 3. The third-order valence-electron chi connectivity index (χ3n) is 5.72. The van der Waals surface area contributed by atoms with Crippen LogP contribution in [0, 0.1) is 16.2 Å². The van der Waals surface area contributed by atoms with E-state index in [1.807, 2.05) is 0 Å². The molecule has 2 aromatic carbocycles. The number of phenols is 1. The molecule has 2 heterocycles. The monoisotopic (exact) mass is 516 g/mol. The lowest BCUT2D eigenvalue weighted by Gasteiger charge is -2.30. The number of likely N-dealkylation sites (tertiary alicyclic amines) is 1. The van der Waals surface area contributed by atoms with Crippen molar-refractivity contribution in [1.82, 2.24) is 4.90 Å². The number of nitrogens with zero attached hydrogens (tertiary/aromatic N) is 1. The average Bonchev–Trinajstić information content (AvgIpc) is 2.76. The lowest BCUT2D eigenvalue weighted by Crippen LogP contribution is -2.68. The van der Waals surface area contributed by atoms with E-state index in [1.165, 1.54) is 24.3 Å². The molecular weight excluding hydrogens is 495 g/mol. The van der Waals surface area contributed by atoms with Crippen molar-refractivity contribution < 1.29 is 51.6 Å². The van der Waals surface area contributed by atoms with E-state index in [-0.39, 0.29) is 34.4 Å². The predicted molar refractivity (Wildman–Crippen MR) is 108 cm³/mol. The van der Waals surface area contributed by atoms with Crippen LogP contribution in [0.3, 0.4) is 0 Å². The number of alkyl halides is 3. The Kier molecular flexibility index (Phi) is 8.10. The van der Waals surface area contributed by atoms with Gasteiger partial charge in [-0.15, -0.1) is 10.2 Å². The van der Waals surface area contributed by atoms with Gasteiger partial charge in [0, 0.05) is 6.54 Å². The van der Waals surface area contributed by atoms with Crippen molar-refractivity contribution >= 4 is 11.0 Å². The molecule has 1 saturated heterocycles. The molecule has 0 unspecified atom stereocenters. The zero-order valence-corrected chi connectivity index (χ0v) is 19.3. The van der Waals surface area contributed by atoms with E-state index in [9.17, 15) is 23.1 Å². The minimum absolute atomic E-state index is 0.0278. The molecule has 4 rings (SSSR count). The smallest absolute Gasteiger partial charge is 0.450 e. The van der Waals surface area contributed by atoms with Crippen LogP contribution in [-0.2, 0) is 12.7 Å². The van der Waals surface area contributed by atoms with Gasteiger partial charge in [-0.05, 0) is 49.5 Å². The van der Waals surface area contributed by atoms with Crippen molar-refractivity contribution in [2.75, 3.05) is 13.1 Å². The first-order valence-electron chi connectivity index (χ1n) is 10.5. The van der Waals surface area contributed by atoms with Crippen LogP contribution in [0.1, 0.15) is 31.1 Å². The number of piperidine rings is 1. The van der Waals surface area contributed by atoms with Crippen LogP contribution in [0.2, 0.25) is 0 Å². The first-order chi connectivity index (χ1) is 16.3. The molecular formula is C23H22ClF3NO7-. The summed E-state index contributed by atoms with van der Waals surface area (Å²) in [6.07, 6.45) is -2.91. The molecule has 1 fully saturated rings. The summed E-state index contributed by atoms with van der Waals surface area (Å²) in [5, 5.41) is 10.4. The lowest BCUT2D eigenvalue weighted by molar-refractivity contribution is -2.00. The summed E-state index contributed by atoms with van der Waals surface area (Å²) in [6, 6.07) is 10.4. The molecule has 35 heavy (non-hydrogen) atoms. The van der Waals surface area contributed by atoms with Gasteiger partial charge in [0.2, 0.25) is 11.2 Å². The van der Waals surface area contributed by atoms with Gasteiger partial charge < -0.3 is 9.52 Å². The third-order valence-corrected chi connectivity index (χ3v) is 5.72. The molecule has 12 heteroatoms. The molecule has 1 aliphatic rings. The quantitative estimate of drug-likeness (QED) is 0.534. The Morgan fingerprint density at radius 1 is 1.06 bits per heavy atom. The molecule has 0 amide bonds. The highest BCUT2D eigenvalue weighted by Crippen LogP contribution is 2.39. The highest BCUT2D eigenvalue weighted by Gasteiger charge is 2.39. The Balaban J connectivity index is 0.000000623. The van der Waals surface area contributed by atoms with E-state index in [4.69, 9.17) is 23.1 Å². The molecule has 0 spiro atoms. The standard InChI is InChI=1S/C23H22F3NO3.ClHO4/c1-14-9-11-27(12-10-14)13-17-18(28)8-7-16-20(29)19(15-5-3-2-4-6-15)22(23(24,25)26)30-21(16)17;2-1(3,4)5/h2-8,14,28H,9-13H2,1H3;(H,2,3,4,5)/p-1. The second-order valence-corrected chi connectivity index (χ2v) is 9.03. The fourth-order valence-corrected chi connectivity index (χ4v) is 3.97. The molecule has 0 aliphatic carbocycles. The van der Waals surface area contributed by atoms with Gasteiger partial charge in [-0.1, -0.05) is 37.3 Å². The van der Waals surface area contributed by atoms with Gasteiger partial charge in [-0.3, -0.25) is 9.69 Å². The van der Waals surface area contributed by atoms with Crippen molar-refractivity contribution in [3.05, 3.63) is 64.0 Å². The van der Waals surface area contributed by atoms with Gasteiger partial charge >= 0.3 is 6.18 Å². The average molecular weight is 517 g/mol. The van der Waals surface area contributed by atoms with Gasteiger partial charge in [0.1, 0.15) is 11.3 Å². The number of phenolic OH excluding ortho intramolecular Hbond substituents is 1. The van der Waals surface area contributed by atoms with Crippen LogP contribution in [0.25, 0.3) is 22.1 Å². The maximum Gasteiger partial charge on any atom is 0.450 e. The summed E-state index contributed by atoms with van der Waals surface area (Å²) >= 11 is 0. The summed E-state index contributed by atoms with van der Waals surface area (Å²) in [5.41, 5.74) is -1.13. The van der Waals surface area contributed by atoms with Crippen molar-refractivity contribution in [3.8, 4) is 16.9 Å². The summed E-state index contributed by atoms with van der Waals surface area (Å²) in [4.78, 5) is 15.2. The van der Waals surface area contributed by atoms with E-state index in [1.54, 1.807) is 18.2 Å². The molecule has 0 bridgehead atoms. The number of fused-ring (bicyclic) bond motifs is 1. The van der Waals surface area contributed by atoms with Crippen molar-refractivity contribution in [2.45, 2.75) is 32.5 Å². The second-order valence-electron chi connectivity index (χ2n) is 8.28. The fraction of sp³-hybridized carbons (Fsp3) is 0.348. The van der Waals surface area contributed by atoms with Crippen LogP contribution in [0.5, 0.6) is 5.75 Å². The Hall–Kier alpha value is -2.67. The highest BCUT2D eigenvalue weighted by molar-refractivity contribution is 5.86. The van der Waals surface area contributed by atoms with E-state index in [0.29, 0.717) is 5.92 Å². The SMILES string of the molecule is CC1CCN(Cc2c(O)ccc3c(=O)c(-c4ccccc4)c(C(F)(F)F)oc23)CC1.[O-][Cl+3]([O-])([O-])[O-]. The molecule has 190 valence electrons. The first kappa shape index (κ1) is 26.9. The first-order valence-corrected chi connectivity index (χ1v) is 11.8. The highest BCUT2D eigenvalue weighted by atomic mass is 35.7. The second kappa shape index (κ2) is 10.5. The number of hydrogen-bond acceptors (Lipinski definition) is 8. The maximum absolute atomic E-state index is 13.9. The number of hydrogen-bond donors (Lipinski definition) is 1. The van der Waals surface area contributed by atoms with Crippen LogP contribution >= 0.6 is 0 Å². The Bertz CT molecular complexity index is 1210. The van der Waals surface area contributed by atoms with E-state index >= 15 is 0 Å². The van der Waals surface area contributed by atoms with Gasteiger partial charge in [0.05, 0.1) is 16.5 Å². The summed E-state index contributed by atoms with van der Waals surface area (Å²) in [6.45, 7) is 3.93. The molecule has 0 atom stereocenters. The molecule has 0 radical (unpaired) electrons. The van der Waals surface area contributed by atoms with Crippen LogP contribution < -0.4 is 24.1 Å². The Labute approximate surface area is 200 Å². The third kappa shape index (κ3) is 6.94. The normalized spacial score (nSPS) is 15.7. The van der Waals surface area contributed by atoms with Gasteiger partial charge in [0.15, 0.2) is 0 Å². The molecule has 3 aromatic rings. The molecule has 0 saturated carbocycles. The Morgan fingerprint density at radius 3 is 2.17 bits per heavy atom. The van der Waals surface area contributed by atoms with E-state index in [0.717, 1.165) is 25.9 Å². The largest absolute Gasteiger partial charge is 0.507 e. The number of aromatic hydroxyl groups is 1. The van der Waals surface area contributed by atoms with Crippen LogP contribution in [-0.4, -0.2) is 23.1 Å². The van der Waals surface area contributed by atoms with Crippen molar-refractivity contribution in [3.63, 3.8) is 0 Å². The topological polar surface area (TPSA) is 146 Å². The van der Waals surface area contributed by atoms with E-state index < -0.39 is 33.2 Å². The van der Waals surface area contributed by atoms with Gasteiger partial charge in [0.25, 0.3) is 0 Å². The zero-order valence-electron chi connectivity index (χ0n) is 18.5. The fourth-order valence-electron chi connectivity index (χ4n) is 3.97. The van der Waals surface area contributed by atoms with Gasteiger partial charge in [-0.25, -0.2) is 18.6 Å². The lowest BCUT2D eigenvalue weighted by atomic mass is 9.97. The number of halogens is 4. The summed E-state index contributed by atoms with van der Waals surface area (Å²) < 4.78 is 80.9. The van der Waals surface area contributed by atoms with Crippen molar-refractivity contribution in [2.24, 2.45) is 5.92 Å². The Morgan fingerprint density at radius 2 is 1.63 bits per heavy atom. The molecule has 1 aromatic heterocycles. The molecule has 8 nitrogen and oxygen atoms in total. The minimum atomic E-state index is -4.94. The van der Waals surface area contributed by atoms with Gasteiger partial charge in [-0.2, -0.15) is 13.2 Å². The molecule has 1 N–H and O–H groups in total. The predicted octanol–water partition coefficient (Wildman–Crippen LogP) is 0.660. The maximum atomic E-state index is 13.9. The minimum Gasteiger partial charge on any atom is -0.507 e. The van der Waals surface area contributed by atoms with Crippen molar-refractivity contribution in [1.29, 1.82) is 0 Å². The van der Waals surface area contributed by atoms with Crippen LogP contribution in [0.15, 0.2) is 51.7 Å². The zero-order chi connectivity index (χ0) is 26.0.